The van der Waals surface area contributed by atoms with Gasteiger partial charge in [0.25, 0.3) is 5.91 Å². The van der Waals surface area contributed by atoms with E-state index in [9.17, 15) is 14.7 Å². The van der Waals surface area contributed by atoms with Gasteiger partial charge in [-0.25, -0.2) is 0 Å². The van der Waals surface area contributed by atoms with Gasteiger partial charge >= 0.3 is 5.97 Å². The van der Waals surface area contributed by atoms with Crippen molar-refractivity contribution in [1.29, 1.82) is 0 Å². The second-order valence-electron chi connectivity index (χ2n) is 6.08. The fraction of sp³-hybridized carbons (Fsp3) is 0.375. The summed E-state index contributed by atoms with van der Waals surface area (Å²) < 4.78 is 1.77. The number of rotatable bonds is 2. The van der Waals surface area contributed by atoms with E-state index in [2.05, 4.69) is 0 Å². The molecule has 0 spiro atoms. The minimum Gasteiger partial charge on any atom is -0.481 e. The van der Waals surface area contributed by atoms with Crippen LogP contribution in [0.4, 0.5) is 0 Å². The molecule has 1 aliphatic heterocycles. The number of halogens is 1. The van der Waals surface area contributed by atoms with Crippen molar-refractivity contribution in [2.24, 2.45) is 12.5 Å². The summed E-state index contributed by atoms with van der Waals surface area (Å²) in [5.74, 6) is -1.08. The molecule has 116 valence electrons. The van der Waals surface area contributed by atoms with E-state index in [-0.39, 0.29) is 12.5 Å². The minimum absolute atomic E-state index is 0.207. The van der Waals surface area contributed by atoms with Crippen LogP contribution in [-0.4, -0.2) is 39.5 Å². The lowest BCUT2D eigenvalue weighted by Crippen LogP contribution is -2.35. The van der Waals surface area contributed by atoms with Gasteiger partial charge in [-0.2, -0.15) is 0 Å². The molecule has 1 aromatic heterocycles. The van der Waals surface area contributed by atoms with E-state index in [0.717, 1.165) is 10.9 Å². The fourth-order valence-corrected chi connectivity index (χ4v) is 3.41. The van der Waals surface area contributed by atoms with Crippen molar-refractivity contribution in [3.63, 3.8) is 0 Å². The molecule has 0 aliphatic carbocycles. The number of aromatic nitrogens is 1. The number of carbonyl (C=O) groups excluding carboxylic acids is 1. The normalized spacial score (nSPS) is 21.5. The van der Waals surface area contributed by atoms with Crippen LogP contribution in [-0.2, 0) is 11.8 Å². The van der Waals surface area contributed by atoms with Gasteiger partial charge in [-0.3, -0.25) is 9.59 Å². The molecule has 0 saturated carbocycles. The van der Waals surface area contributed by atoms with Crippen LogP contribution in [0.1, 0.15) is 23.8 Å². The van der Waals surface area contributed by atoms with Crippen LogP contribution >= 0.6 is 11.6 Å². The molecule has 22 heavy (non-hydrogen) atoms. The first-order valence-corrected chi connectivity index (χ1v) is 7.48. The SMILES string of the molecule is Cn1c(C(=O)N2CC[C@@](C)(C(=O)O)C2)c(Cl)c2ccccc21. The molecule has 6 heteroatoms. The van der Waals surface area contributed by atoms with Crippen molar-refractivity contribution >= 4 is 34.4 Å². The van der Waals surface area contributed by atoms with Crippen LogP contribution < -0.4 is 0 Å². The van der Waals surface area contributed by atoms with Gasteiger partial charge in [-0.1, -0.05) is 29.8 Å². The zero-order valence-corrected chi connectivity index (χ0v) is 13.2. The predicted octanol–water partition coefficient (Wildman–Crippen LogP) is 2.77. The van der Waals surface area contributed by atoms with E-state index in [4.69, 9.17) is 11.6 Å². The molecule has 5 nitrogen and oxygen atoms in total. The number of hydrogen-bond donors (Lipinski definition) is 1. The molecular formula is C16H17ClN2O3. The van der Waals surface area contributed by atoms with E-state index < -0.39 is 11.4 Å². The van der Waals surface area contributed by atoms with E-state index >= 15 is 0 Å². The molecule has 1 atom stereocenters. The predicted molar refractivity (Wildman–Crippen MR) is 84.2 cm³/mol. The van der Waals surface area contributed by atoms with E-state index in [1.165, 1.54) is 0 Å². The number of amides is 1. The average molecular weight is 321 g/mol. The summed E-state index contributed by atoms with van der Waals surface area (Å²) in [5, 5.41) is 10.5. The van der Waals surface area contributed by atoms with E-state index in [1.807, 2.05) is 24.3 Å². The van der Waals surface area contributed by atoms with Crippen LogP contribution in [0.25, 0.3) is 10.9 Å². The van der Waals surface area contributed by atoms with Crippen molar-refractivity contribution < 1.29 is 14.7 Å². The summed E-state index contributed by atoms with van der Waals surface area (Å²) in [5.41, 5.74) is 0.417. The Morgan fingerprint density at radius 3 is 2.59 bits per heavy atom. The third-order valence-electron chi connectivity index (χ3n) is 4.52. The van der Waals surface area contributed by atoms with Gasteiger partial charge in [0.2, 0.25) is 0 Å². The number of nitrogens with zero attached hydrogens (tertiary/aromatic N) is 2. The monoisotopic (exact) mass is 320 g/mol. The molecule has 1 N–H and O–H groups in total. The number of aliphatic carboxylic acids is 1. The zero-order chi connectivity index (χ0) is 16.1. The number of benzene rings is 1. The Hall–Kier alpha value is -2.01. The van der Waals surface area contributed by atoms with Crippen molar-refractivity contribution in [1.82, 2.24) is 9.47 Å². The third kappa shape index (κ3) is 2.08. The summed E-state index contributed by atoms with van der Waals surface area (Å²) in [7, 11) is 1.80. The average Bonchev–Trinajstić information content (AvgIpc) is 3.01. The van der Waals surface area contributed by atoms with Gasteiger partial charge in [-0.15, -0.1) is 0 Å². The van der Waals surface area contributed by atoms with Gasteiger partial charge in [0.05, 0.1) is 10.4 Å². The molecule has 1 aromatic carbocycles. The first kappa shape index (κ1) is 14.9. The molecule has 1 aliphatic rings. The van der Waals surface area contributed by atoms with Gasteiger partial charge < -0.3 is 14.6 Å². The summed E-state index contributed by atoms with van der Waals surface area (Å²) in [6, 6.07) is 7.55. The Morgan fingerprint density at radius 2 is 2.00 bits per heavy atom. The highest BCUT2D eigenvalue weighted by Gasteiger charge is 2.43. The maximum absolute atomic E-state index is 12.8. The second kappa shape index (κ2) is 5.02. The topological polar surface area (TPSA) is 62.5 Å². The van der Waals surface area contributed by atoms with Crippen LogP contribution in [0.2, 0.25) is 5.02 Å². The van der Waals surface area contributed by atoms with Crippen LogP contribution in [0.15, 0.2) is 24.3 Å². The molecule has 3 rings (SSSR count). The highest BCUT2D eigenvalue weighted by Crippen LogP contribution is 2.34. The van der Waals surface area contributed by atoms with Crippen molar-refractivity contribution in [3.05, 3.63) is 35.0 Å². The number of carbonyl (C=O) groups is 2. The lowest BCUT2D eigenvalue weighted by Gasteiger charge is -2.20. The number of para-hydroxylation sites is 1. The molecule has 0 bridgehead atoms. The molecular weight excluding hydrogens is 304 g/mol. The zero-order valence-electron chi connectivity index (χ0n) is 12.5. The van der Waals surface area contributed by atoms with Crippen LogP contribution in [0.5, 0.6) is 0 Å². The number of likely N-dealkylation sites (tertiary alicyclic amines) is 1. The largest absolute Gasteiger partial charge is 0.481 e. The second-order valence-corrected chi connectivity index (χ2v) is 6.46. The molecule has 0 radical (unpaired) electrons. The maximum atomic E-state index is 12.8. The highest BCUT2D eigenvalue weighted by atomic mass is 35.5. The first-order chi connectivity index (χ1) is 10.3. The van der Waals surface area contributed by atoms with Crippen LogP contribution in [0.3, 0.4) is 0 Å². The van der Waals surface area contributed by atoms with Crippen molar-refractivity contribution in [2.45, 2.75) is 13.3 Å². The van der Waals surface area contributed by atoms with Gasteiger partial charge in [-0.05, 0) is 19.4 Å². The van der Waals surface area contributed by atoms with E-state index in [0.29, 0.717) is 23.7 Å². The number of aryl methyl sites for hydroxylation is 1. The Balaban J connectivity index is 1.99. The first-order valence-electron chi connectivity index (χ1n) is 7.11. The standard InChI is InChI=1S/C16H17ClN2O3/c1-16(15(21)22)7-8-19(9-16)14(20)13-12(17)10-5-3-4-6-11(10)18(13)2/h3-6H,7-9H2,1-2H3,(H,21,22)/t16-/m1/s1. The molecule has 1 fully saturated rings. The van der Waals surface area contributed by atoms with Crippen molar-refractivity contribution in [2.75, 3.05) is 13.1 Å². The smallest absolute Gasteiger partial charge is 0.311 e. The maximum Gasteiger partial charge on any atom is 0.311 e. The molecule has 2 heterocycles. The molecule has 1 amide bonds. The fourth-order valence-electron chi connectivity index (χ4n) is 3.04. The number of hydrogen-bond acceptors (Lipinski definition) is 2. The van der Waals surface area contributed by atoms with Gasteiger partial charge in [0.1, 0.15) is 5.69 Å². The van der Waals surface area contributed by atoms with Gasteiger partial charge in [0, 0.05) is 31.0 Å². The quantitative estimate of drug-likeness (QED) is 0.925. The lowest BCUT2D eigenvalue weighted by atomic mass is 9.90. The van der Waals surface area contributed by atoms with Gasteiger partial charge in [0.15, 0.2) is 0 Å². The Morgan fingerprint density at radius 1 is 1.32 bits per heavy atom. The lowest BCUT2D eigenvalue weighted by molar-refractivity contribution is -0.147. The highest BCUT2D eigenvalue weighted by molar-refractivity contribution is 6.38. The molecule has 2 aromatic rings. The Kier molecular flexibility index (Phi) is 3.40. The summed E-state index contributed by atoms with van der Waals surface area (Å²) in [4.78, 5) is 25.7. The van der Waals surface area contributed by atoms with E-state index in [1.54, 1.807) is 23.4 Å². The molecule has 0 unspecified atom stereocenters. The van der Waals surface area contributed by atoms with Crippen molar-refractivity contribution in [3.8, 4) is 0 Å². The number of fused-ring (bicyclic) bond motifs is 1. The molecule has 1 saturated heterocycles. The summed E-state index contributed by atoms with van der Waals surface area (Å²) in [6.07, 6.45) is 0.454. The summed E-state index contributed by atoms with van der Waals surface area (Å²) >= 11 is 6.38. The number of carboxylic acids is 1. The summed E-state index contributed by atoms with van der Waals surface area (Å²) in [6.45, 7) is 2.31. The minimum atomic E-state index is -0.882. The third-order valence-corrected chi connectivity index (χ3v) is 4.91. The Bertz CT molecular complexity index is 744. The Labute approximate surface area is 133 Å². The van der Waals surface area contributed by atoms with Crippen LogP contribution in [0, 0.1) is 5.41 Å². The number of carboxylic acid groups (broad SMARTS) is 1.